The van der Waals surface area contributed by atoms with Gasteiger partial charge in [-0.3, -0.25) is 9.59 Å². The van der Waals surface area contributed by atoms with Gasteiger partial charge in [-0.2, -0.15) is 0 Å². The van der Waals surface area contributed by atoms with E-state index in [0.29, 0.717) is 5.58 Å². The van der Waals surface area contributed by atoms with Gasteiger partial charge in [0.15, 0.2) is 5.76 Å². The Bertz CT molecular complexity index is 509. The number of rotatable bonds is 3. The summed E-state index contributed by atoms with van der Waals surface area (Å²) in [7, 11) is 0. The fraction of sp³-hybridized carbons (Fsp3) is 0.167. The maximum Gasteiger partial charge on any atom is 0.217 e. The van der Waals surface area contributed by atoms with Crippen LogP contribution in [0.1, 0.15) is 17.5 Å². The molecule has 4 nitrogen and oxygen atoms in total. The van der Waals surface area contributed by atoms with Crippen LogP contribution >= 0.6 is 0 Å². The molecule has 0 fully saturated rings. The molecule has 2 aromatic rings. The number of para-hydroxylation sites is 1. The molecule has 4 heteroatoms. The second-order valence-electron chi connectivity index (χ2n) is 3.48. The molecule has 1 aromatic heterocycles. The standard InChI is InChI=1S/C12H11NO3/c1-8(14)13-7-10(15)12-6-9-4-2-3-5-11(9)16-12/h2-6H,7H2,1H3,(H,13,14). The van der Waals surface area contributed by atoms with E-state index >= 15 is 0 Å². The third-order valence-electron chi connectivity index (χ3n) is 2.20. The van der Waals surface area contributed by atoms with Gasteiger partial charge in [0.05, 0.1) is 6.54 Å². The summed E-state index contributed by atoms with van der Waals surface area (Å²) >= 11 is 0. The average Bonchev–Trinajstić information content (AvgIpc) is 2.69. The summed E-state index contributed by atoms with van der Waals surface area (Å²) in [6.07, 6.45) is 0. The molecule has 82 valence electrons. The van der Waals surface area contributed by atoms with Gasteiger partial charge in [0.1, 0.15) is 5.58 Å². The summed E-state index contributed by atoms with van der Waals surface area (Å²) in [6, 6.07) is 9.06. The Kier molecular flexibility index (Phi) is 2.72. The normalized spacial score (nSPS) is 10.3. The van der Waals surface area contributed by atoms with Crippen LogP contribution in [0.25, 0.3) is 11.0 Å². The van der Waals surface area contributed by atoms with E-state index in [1.54, 1.807) is 12.1 Å². The number of nitrogens with one attached hydrogen (secondary N) is 1. The lowest BCUT2D eigenvalue weighted by Gasteiger charge is -1.97. The molecule has 1 amide bonds. The van der Waals surface area contributed by atoms with E-state index in [-0.39, 0.29) is 24.0 Å². The lowest BCUT2D eigenvalue weighted by Crippen LogP contribution is -2.26. The van der Waals surface area contributed by atoms with Gasteiger partial charge in [-0.1, -0.05) is 18.2 Å². The van der Waals surface area contributed by atoms with E-state index in [4.69, 9.17) is 4.42 Å². The Balaban J connectivity index is 2.20. The minimum atomic E-state index is -0.232. The number of ketones is 1. The lowest BCUT2D eigenvalue weighted by atomic mass is 10.2. The molecular formula is C12H11NO3. The molecule has 0 saturated heterocycles. The lowest BCUT2D eigenvalue weighted by molar-refractivity contribution is -0.118. The zero-order chi connectivity index (χ0) is 11.5. The highest BCUT2D eigenvalue weighted by atomic mass is 16.3. The Morgan fingerprint density at radius 3 is 2.75 bits per heavy atom. The first kappa shape index (κ1) is 10.4. The first-order chi connectivity index (χ1) is 7.66. The van der Waals surface area contributed by atoms with Crippen molar-refractivity contribution in [3.05, 3.63) is 36.1 Å². The SMILES string of the molecule is CC(=O)NCC(=O)c1cc2ccccc2o1. The third-order valence-corrected chi connectivity index (χ3v) is 2.20. The zero-order valence-corrected chi connectivity index (χ0v) is 8.82. The first-order valence-electron chi connectivity index (χ1n) is 4.93. The molecular weight excluding hydrogens is 206 g/mol. The Morgan fingerprint density at radius 2 is 2.06 bits per heavy atom. The summed E-state index contributed by atoms with van der Waals surface area (Å²) in [5.41, 5.74) is 0.675. The average molecular weight is 217 g/mol. The summed E-state index contributed by atoms with van der Waals surface area (Å²) in [4.78, 5) is 22.3. The Labute approximate surface area is 92.2 Å². The van der Waals surface area contributed by atoms with Crippen LogP contribution in [0.2, 0.25) is 0 Å². The maximum atomic E-state index is 11.6. The predicted molar refractivity (Wildman–Crippen MR) is 59.2 cm³/mol. The fourth-order valence-corrected chi connectivity index (χ4v) is 1.41. The van der Waals surface area contributed by atoms with E-state index in [2.05, 4.69) is 5.32 Å². The Hall–Kier alpha value is -2.10. The van der Waals surface area contributed by atoms with Crippen molar-refractivity contribution in [2.45, 2.75) is 6.92 Å². The van der Waals surface area contributed by atoms with Crippen LogP contribution < -0.4 is 5.32 Å². The summed E-state index contributed by atoms with van der Waals surface area (Å²) < 4.78 is 5.36. The first-order valence-corrected chi connectivity index (χ1v) is 4.93. The number of hydrogen-bond acceptors (Lipinski definition) is 3. The molecule has 0 aliphatic carbocycles. The molecule has 0 saturated carbocycles. The van der Waals surface area contributed by atoms with Crippen molar-refractivity contribution in [3.63, 3.8) is 0 Å². The molecule has 0 aliphatic rings. The van der Waals surface area contributed by atoms with Crippen LogP contribution in [0.4, 0.5) is 0 Å². The monoisotopic (exact) mass is 217 g/mol. The van der Waals surface area contributed by atoms with E-state index in [9.17, 15) is 9.59 Å². The third kappa shape index (κ3) is 2.11. The number of amides is 1. The van der Waals surface area contributed by atoms with Gasteiger partial charge in [-0.05, 0) is 12.1 Å². The van der Waals surface area contributed by atoms with Crippen molar-refractivity contribution < 1.29 is 14.0 Å². The van der Waals surface area contributed by atoms with Gasteiger partial charge in [-0.15, -0.1) is 0 Å². The molecule has 1 N–H and O–H groups in total. The van der Waals surface area contributed by atoms with Gasteiger partial charge in [-0.25, -0.2) is 0 Å². The van der Waals surface area contributed by atoms with E-state index in [1.165, 1.54) is 6.92 Å². The summed E-state index contributed by atoms with van der Waals surface area (Å²) in [6.45, 7) is 1.33. The van der Waals surface area contributed by atoms with Crippen molar-refractivity contribution in [2.75, 3.05) is 6.54 Å². The van der Waals surface area contributed by atoms with Gasteiger partial charge >= 0.3 is 0 Å². The number of benzene rings is 1. The van der Waals surface area contributed by atoms with Crippen LogP contribution in [-0.4, -0.2) is 18.2 Å². The van der Waals surface area contributed by atoms with Crippen molar-refractivity contribution in [1.29, 1.82) is 0 Å². The van der Waals surface area contributed by atoms with Crippen LogP contribution in [-0.2, 0) is 4.79 Å². The quantitative estimate of drug-likeness (QED) is 0.797. The molecule has 1 heterocycles. The maximum absolute atomic E-state index is 11.6. The molecule has 2 rings (SSSR count). The van der Waals surface area contributed by atoms with Crippen molar-refractivity contribution in [1.82, 2.24) is 5.32 Å². The second kappa shape index (κ2) is 4.18. The topological polar surface area (TPSA) is 59.3 Å². The molecule has 0 radical (unpaired) electrons. The number of carbonyl (C=O) groups excluding carboxylic acids is 2. The van der Waals surface area contributed by atoms with Crippen LogP contribution in [0.3, 0.4) is 0 Å². The van der Waals surface area contributed by atoms with Crippen LogP contribution in [0, 0.1) is 0 Å². The minimum Gasteiger partial charge on any atom is -0.453 e. The number of fused-ring (bicyclic) bond motifs is 1. The van der Waals surface area contributed by atoms with Crippen LogP contribution in [0.15, 0.2) is 34.7 Å². The fourth-order valence-electron chi connectivity index (χ4n) is 1.41. The Morgan fingerprint density at radius 1 is 1.31 bits per heavy atom. The van der Waals surface area contributed by atoms with Crippen molar-refractivity contribution >= 4 is 22.7 Å². The largest absolute Gasteiger partial charge is 0.453 e. The number of hydrogen-bond donors (Lipinski definition) is 1. The molecule has 1 aromatic carbocycles. The smallest absolute Gasteiger partial charge is 0.217 e. The highest BCUT2D eigenvalue weighted by Gasteiger charge is 2.11. The highest BCUT2D eigenvalue weighted by Crippen LogP contribution is 2.18. The molecule has 0 atom stereocenters. The van der Waals surface area contributed by atoms with Gasteiger partial charge in [0.25, 0.3) is 0 Å². The minimum absolute atomic E-state index is 0.0326. The van der Waals surface area contributed by atoms with Gasteiger partial charge in [0.2, 0.25) is 11.7 Å². The van der Waals surface area contributed by atoms with Crippen LogP contribution in [0.5, 0.6) is 0 Å². The van der Waals surface area contributed by atoms with E-state index < -0.39 is 0 Å². The molecule has 0 aliphatic heterocycles. The molecule has 0 unspecified atom stereocenters. The van der Waals surface area contributed by atoms with Crippen molar-refractivity contribution in [3.8, 4) is 0 Å². The zero-order valence-electron chi connectivity index (χ0n) is 8.82. The van der Waals surface area contributed by atoms with Gasteiger partial charge < -0.3 is 9.73 Å². The van der Waals surface area contributed by atoms with E-state index in [1.807, 2.05) is 18.2 Å². The predicted octanol–water partition coefficient (Wildman–Crippen LogP) is 1.75. The molecule has 16 heavy (non-hydrogen) atoms. The van der Waals surface area contributed by atoms with Gasteiger partial charge in [0, 0.05) is 12.3 Å². The second-order valence-corrected chi connectivity index (χ2v) is 3.48. The molecule has 0 spiro atoms. The number of carbonyl (C=O) groups is 2. The number of Topliss-reactive ketones (excluding diaryl/α,β-unsaturated/α-hetero) is 1. The highest BCUT2D eigenvalue weighted by molar-refractivity contribution is 6.00. The van der Waals surface area contributed by atoms with Crippen molar-refractivity contribution in [2.24, 2.45) is 0 Å². The van der Waals surface area contributed by atoms with E-state index in [0.717, 1.165) is 5.39 Å². The molecule has 0 bridgehead atoms. The summed E-state index contributed by atoms with van der Waals surface area (Å²) in [5.74, 6) is -0.189. The summed E-state index contributed by atoms with van der Waals surface area (Å²) in [5, 5.41) is 3.32. The number of furan rings is 1.